The molecule has 3 aromatic rings. The minimum Gasteiger partial charge on any atom is -0.483 e. The minimum atomic E-state index is -3.54. The van der Waals surface area contributed by atoms with Crippen LogP contribution in [0.2, 0.25) is 0 Å². The van der Waals surface area contributed by atoms with Gasteiger partial charge in [-0.2, -0.15) is 4.31 Å². The van der Waals surface area contributed by atoms with Crippen LogP contribution in [0.1, 0.15) is 5.56 Å². The molecule has 0 saturated carbocycles. The Labute approximate surface area is 190 Å². The maximum Gasteiger partial charge on any atom is 0.264 e. The molecular formula is C22H23N3O5S2. The molecule has 1 N–H and O–H groups in total. The lowest BCUT2D eigenvalue weighted by Crippen LogP contribution is -2.40. The van der Waals surface area contributed by atoms with Gasteiger partial charge in [0.25, 0.3) is 5.91 Å². The van der Waals surface area contributed by atoms with E-state index in [1.807, 2.05) is 36.6 Å². The summed E-state index contributed by atoms with van der Waals surface area (Å²) in [6, 6.07) is 14.1. The second-order valence-corrected chi connectivity index (χ2v) is 9.98. The third-order valence-electron chi connectivity index (χ3n) is 4.96. The number of carbonyl (C=O) groups is 1. The lowest BCUT2D eigenvalue weighted by atomic mass is 10.2. The molecule has 168 valence electrons. The number of nitrogens with zero attached hydrogens (tertiary/aromatic N) is 2. The molecule has 1 aromatic heterocycles. The highest BCUT2D eigenvalue weighted by atomic mass is 32.2. The average Bonchev–Trinajstić information content (AvgIpc) is 3.27. The number of rotatable bonds is 7. The summed E-state index contributed by atoms with van der Waals surface area (Å²) in [7, 11) is -3.54. The van der Waals surface area contributed by atoms with Crippen LogP contribution < -0.4 is 10.1 Å². The highest BCUT2D eigenvalue weighted by Crippen LogP contribution is 2.27. The second kappa shape index (κ2) is 9.78. The molecule has 1 saturated heterocycles. The number of carbonyl (C=O) groups excluding carboxylic acids is 1. The van der Waals surface area contributed by atoms with Crippen LogP contribution in [0.3, 0.4) is 0 Å². The SMILES string of the molecule is Cc1ccccc1OCC(=O)Nc1nc(-c2ccc(S(=O)(=O)N3CCOCC3)cc2)cs1. The van der Waals surface area contributed by atoms with E-state index in [-0.39, 0.29) is 17.4 Å². The summed E-state index contributed by atoms with van der Waals surface area (Å²) in [6.07, 6.45) is 0. The van der Waals surface area contributed by atoms with Crippen molar-refractivity contribution in [2.45, 2.75) is 11.8 Å². The Morgan fingerprint density at radius 3 is 2.59 bits per heavy atom. The summed E-state index contributed by atoms with van der Waals surface area (Å²) in [4.78, 5) is 16.9. The monoisotopic (exact) mass is 473 g/mol. The van der Waals surface area contributed by atoms with Crippen LogP contribution in [0.5, 0.6) is 5.75 Å². The Morgan fingerprint density at radius 1 is 1.16 bits per heavy atom. The molecule has 1 fully saturated rings. The van der Waals surface area contributed by atoms with Crippen LogP contribution >= 0.6 is 11.3 Å². The van der Waals surface area contributed by atoms with Crippen molar-refractivity contribution in [3.63, 3.8) is 0 Å². The van der Waals surface area contributed by atoms with Crippen molar-refractivity contribution in [1.29, 1.82) is 0 Å². The first-order valence-corrected chi connectivity index (χ1v) is 12.4. The zero-order chi connectivity index (χ0) is 22.6. The molecule has 2 heterocycles. The van der Waals surface area contributed by atoms with Crippen molar-refractivity contribution >= 4 is 32.4 Å². The third-order valence-corrected chi connectivity index (χ3v) is 7.63. The number of amides is 1. The zero-order valence-electron chi connectivity index (χ0n) is 17.5. The van der Waals surface area contributed by atoms with Crippen molar-refractivity contribution in [2.24, 2.45) is 0 Å². The molecule has 0 bridgehead atoms. The highest BCUT2D eigenvalue weighted by molar-refractivity contribution is 7.89. The number of morpholine rings is 1. The van der Waals surface area contributed by atoms with Gasteiger partial charge in [-0.05, 0) is 30.7 Å². The molecule has 0 unspecified atom stereocenters. The second-order valence-electron chi connectivity index (χ2n) is 7.18. The molecule has 0 radical (unpaired) electrons. The van der Waals surface area contributed by atoms with E-state index < -0.39 is 10.0 Å². The minimum absolute atomic E-state index is 0.117. The van der Waals surface area contributed by atoms with Gasteiger partial charge in [0.1, 0.15) is 5.75 Å². The van der Waals surface area contributed by atoms with E-state index in [0.717, 1.165) is 11.1 Å². The van der Waals surface area contributed by atoms with Crippen molar-refractivity contribution in [2.75, 3.05) is 38.2 Å². The van der Waals surface area contributed by atoms with Crippen LogP contribution in [0.25, 0.3) is 11.3 Å². The summed E-state index contributed by atoms with van der Waals surface area (Å²) in [5.41, 5.74) is 2.37. The fourth-order valence-corrected chi connectivity index (χ4v) is 5.36. The van der Waals surface area contributed by atoms with Crippen LogP contribution in [-0.4, -0.2) is 56.5 Å². The number of anilines is 1. The van der Waals surface area contributed by atoms with Crippen LogP contribution in [0.15, 0.2) is 58.8 Å². The first-order valence-electron chi connectivity index (χ1n) is 10.1. The number of ether oxygens (including phenoxy) is 2. The number of sulfonamides is 1. The van der Waals surface area contributed by atoms with E-state index in [0.29, 0.717) is 42.9 Å². The zero-order valence-corrected chi connectivity index (χ0v) is 19.1. The summed E-state index contributed by atoms with van der Waals surface area (Å²) in [5, 5.41) is 4.99. The van der Waals surface area contributed by atoms with Gasteiger partial charge in [-0.25, -0.2) is 13.4 Å². The maximum absolute atomic E-state index is 12.7. The van der Waals surface area contributed by atoms with Gasteiger partial charge in [-0.1, -0.05) is 30.3 Å². The van der Waals surface area contributed by atoms with E-state index in [1.165, 1.54) is 15.6 Å². The van der Waals surface area contributed by atoms with Gasteiger partial charge in [0.15, 0.2) is 11.7 Å². The summed E-state index contributed by atoms with van der Waals surface area (Å²) in [6.45, 7) is 3.31. The van der Waals surface area contributed by atoms with E-state index in [1.54, 1.807) is 24.3 Å². The molecule has 0 aliphatic carbocycles. The van der Waals surface area contributed by atoms with E-state index >= 15 is 0 Å². The van der Waals surface area contributed by atoms with Gasteiger partial charge in [0.05, 0.1) is 23.8 Å². The maximum atomic E-state index is 12.7. The first-order chi connectivity index (χ1) is 15.4. The topological polar surface area (TPSA) is 97.8 Å². The predicted octanol–water partition coefficient (Wildman–Crippen LogP) is 3.16. The quantitative estimate of drug-likeness (QED) is 0.566. The standard InChI is InChI=1S/C22H23N3O5S2/c1-16-4-2-3-5-20(16)30-14-21(26)24-22-23-19(15-31-22)17-6-8-18(9-7-17)32(27,28)25-10-12-29-13-11-25/h2-9,15H,10-14H2,1H3,(H,23,24,26). The Bertz CT molecular complexity index is 1190. The summed E-state index contributed by atoms with van der Waals surface area (Å²) in [5.74, 6) is 0.357. The molecule has 2 aromatic carbocycles. The number of para-hydroxylation sites is 1. The highest BCUT2D eigenvalue weighted by Gasteiger charge is 2.26. The van der Waals surface area contributed by atoms with Gasteiger partial charge in [-0.3, -0.25) is 10.1 Å². The average molecular weight is 474 g/mol. The summed E-state index contributed by atoms with van der Waals surface area (Å²) >= 11 is 1.29. The number of benzene rings is 2. The number of hydrogen-bond acceptors (Lipinski definition) is 7. The van der Waals surface area contributed by atoms with Crippen molar-refractivity contribution in [3.05, 3.63) is 59.5 Å². The fourth-order valence-electron chi connectivity index (χ4n) is 3.21. The number of nitrogens with one attached hydrogen (secondary N) is 1. The Balaban J connectivity index is 1.38. The normalized spacial score (nSPS) is 14.8. The molecule has 8 nitrogen and oxygen atoms in total. The van der Waals surface area contributed by atoms with Gasteiger partial charge >= 0.3 is 0 Å². The molecule has 1 aliphatic rings. The molecule has 32 heavy (non-hydrogen) atoms. The lowest BCUT2D eigenvalue weighted by molar-refractivity contribution is -0.118. The molecule has 1 aliphatic heterocycles. The third kappa shape index (κ3) is 5.16. The largest absolute Gasteiger partial charge is 0.483 e. The Hall–Kier alpha value is -2.79. The van der Waals surface area contributed by atoms with Crippen molar-refractivity contribution < 1.29 is 22.7 Å². The Morgan fingerprint density at radius 2 is 1.88 bits per heavy atom. The van der Waals surface area contributed by atoms with E-state index in [4.69, 9.17) is 9.47 Å². The van der Waals surface area contributed by atoms with Crippen LogP contribution in [-0.2, 0) is 19.6 Å². The van der Waals surface area contributed by atoms with Gasteiger partial charge in [-0.15, -0.1) is 11.3 Å². The van der Waals surface area contributed by atoms with Crippen molar-refractivity contribution in [1.82, 2.24) is 9.29 Å². The number of aromatic nitrogens is 1. The number of thiazole rings is 1. The molecule has 4 rings (SSSR count). The Kier molecular flexibility index (Phi) is 6.85. The molecule has 0 spiro atoms. The number of hydrogen-bond donors (Lipinski definition) is 1. The van der Waals surface area contributed by atoms with Crippen LogP contribution in [0.4, 0.5) is 5.13 Å². The first kappa shape index (κ1) is 22.4. The van der Waals surface area contributed by atoms with Gasteiger partial charge in [0.2, 0.25) is 10.0 Å². The van der Waals surface area contributed by atoms with E-state index in [2.05, 4.69) is 10.3 Å². The number of aryl methyl sites for hydroxylation is 1. The van der Waals surface area contributed by atoms with Gasteiger partial charge < -0.3 is 9.47 Å². The predicted molar refractivity (Wildman–Crippen MR) is 122 cm³/mol. The molecule has 1 amide bonds. The van der Waals surface area contributed by atoms with Crippen LogP contribution in [0, 0.1) is 6.92 Å². The lowest BCUT2D eigenvalue weighted by Gasteiger charge is -2.26. The fraction of sp³-hybridized carbons (Fsp3) is 0.273. The van der Waals surface area contributed by atoms with E-state index in [9.17, 15) is 13.2 Å². The summed E-state index contributed by atoms with van der Waals surface area (Å²) < 4.78 is 37.7. The van der Waals surface area contributed by atoms with Gasteiger partial charge in [0, 0.05) is 24.0 Å². The molecule has 0 atom stereocenters. The molecular weight excluding hydrogens is 450 g/mol. The molecule has 10 heteroatoms. The smallest absolute Gasteiger partial charge is 0.264 e. The van der Waals surface area contributed by atoms with Crippen molar-refractivity contribution in [3.8, 4) is 17.0 Å².